The zero-order chi connectivity index (χ0) is 20.8. The molecular weight excluding hydrogens is 398 g/mol. The summed E-state index contributed by atoms with van der Waals surface area (Å²) >= 11 is 0. The fourth-order valence-electron chi connectivity index (χ4n) is 1.76. The van der Waals surface area contributed by atoms with Gasteiger partial charge in [0, 0.05) is 0 Å². The topological polar surface area (TPSA) is 120 Å². The van der Waals surface area contributed by atoms with Crippen molar-refractivity contribution in [2.24, 2.45) is 0 Å². The third-order valence-electron chi connectivity index (χ3n) is 2.94. The number of hydrogen-bond donors (Lipinski definition) is 2. The van der Waals surface area contributed by atoms with Crippen molar-refractivity contribution in [3.63, 3.8) is 0 Å². The Kier molecular flexibility index (Phi) is 7.38. The summed E-state index contributed by atoms with van der Waals surface area (Å²) in [5.74, 6) is -5.02. The van der Waals surface area contributed by atoms with Gasteiger partial charge in [-0.2, -0.15) is 26.3 Å². The first-order chi connectivity index (χ1) is 12.3. The summed E-state index contributed by atoms with van der Waals surface area (Å²) in [6, 6.07) is 0. The van der Waals surface area contributed by atoms with Crippen LogP contribution >= 0.6 is 0 Å². The van der Waals surface area contributed by atoms with Gasteiger partial charge < -0.3 is 14.2 Å². The van der Waals surface area contributed by atoms with E-state index in [1.54, 1.807) is 0 Å². The first-order valence-corrected chi connectivity index (χ1v) is 7.04. The van der Waals surface area contributed by atoms with Crippen molar-refractivity contribution < 1.29 is 59.7 Å². The minimum absolute atomic E-state index is 0.220. The molecule has 9 nitrogen and oxygen atoms in total. The van der Waals surface area contributed by atoms with Crippen LogP contribution in [0.15, 0.2) is 0 Å². The predicted molar refractivity (Wildman–Crippen MR) is 69.0 cm³/mol. The third kappa shape index (κ3) is 8.10. The quantitative estimate of drug-likeness (QED) is 0.668. The summed E-state index contributed by atoms with van der Waals surface area (Å²) in [6.07, 6.45) is -15.0. The zero-order valence-electron chi connectivity index (χ0n) is 13.1. The van der Waals surface area contributed by atoms with Crippen LogP contribution in [0.5, 0.6) is 0 Å². The number of amides is 4. The average molecular weight is 410 g/mol. The Labute approximate surface area is 146 Å². The molecule has 0 aliphatic carbocycles. The van der Waals surface area contributed by atoms with Gasteiger partial charge >= 0.3 is 36.4 Å². The van der Waals surface area contributed by atoms with Gasteiger partial charge in [-0.25, -0.2) is 9.59 Å². The summed E-state index contributed by atoms with van der Waals surface area (Å²) in [4.78, 5) is 43.0. The molecule has 0 aromatic rings. The molecule has 0 bridgehead atoms. The lowest BCUT2D eigenvalue weighted by Gasteiger charge is -2.15. The highest BCUT2D eigenvalue weighted by Gasteiger charge is 2.41. The molecule has 0 radical (unpaired) electrons. The zero-order valence-corrected chi connectivity index (χ0v) is 13.1. The maximum atomic E-state index is 11.9. The second-order valence-electron chi connectivity index (χ2n) is 5.06. The van der Waals surface area contributed by atoms with E-state index < -0.39 is 61.8 Å². The number of imide groups is 2. The molecule has 15 heteroatoms. The number of ether oxygens (including phenoxy) is 3. The number of halogens is 6. The number of carbonyl (C=O) groups is 4. The van der Waals surface area contributed by atoms with Crippen LogP contribution < -0.4 is 10.6 Å². The summed E-state index contributed by atoms with van der Waals surface area (Å²) in [5, 5.41) is 1.89. The standard InChI is InChI=1S/C12H12F6N2O7/c13-11(14,15)7(21)19-9(23)25-3-5-1-2-6(27-5)4-26-10(24)20-8(22)12(16,17)18/h5-6H,1-4H2,(H,19,21,23)(H,20,22,24)/t5-,6-/m0/s1. The molecule has 2 N–H and O–H groups in total. The van der Waals surface area contributed by atoms with E-state index in [1.165, 1.54) is 0 Å². The lowest BCUT2D eigenvalue weighted by atomic mass is 10.2. The van der Waals surface area contributed by atoms with Gasteiger partial charge in [-0.15, -0.1) is 0 Å². The van der Waals surface area contributed by atoms with Crippen LogP contribution in [0.25, 0.3) is 0 Å². The van der Waals surface area contributed by atoms with Gasteiger partial charge in [0.1, 0.15) is 13.2 Å². The van der Waals surface area contributed by atoms with Crippen LogP contribution in [-0.2, 0) is 23.8 Å². The Morgan fingerprint density at radius 3 is 1.41 bits per heavy atom. The van der Waals surface area contributed by atoms with Crippen molar-refractivity contribution in [1.82, 2.24) is 10.6 Å². The largest absolute Gasteiger partial charge is 0.471 e. The van der Waals surface area contributed by atoms with Crippen molar-refractivity contribution in [2.75, 3.05) is 13.2 Å². The molecular formula is C12H12F6N2O7. The molecule has 0 aromatic carbocycles. The second-order valence-corrected chi connectivity index (χ2v) is 5.06. The van der Waals surface area contributed by atoms with Crippen LogP contribution in [0.3, 0.4) is 0 Å². The van der Waals surface area contributed by atoms with Gasteiger partial charge in [-0.1, -0.05) is 0 Å². The molecule has 4 amide bonds. The van der Waals surface area contributed by atoms with Crippen LogP contribution in [0.1, 0.15) is 12.8 Å². The molecule has 0 unspecified atom stereocenters. The Morgan fingerprint density at radius 2 is 1.11 bits per heavy atom. The van der Waals surface area contributed by atoms with Crippen molar-refractivity contribution >= 4 is 24.0 Å². The lowest BCUT2D eigenvalue weighted by molar-refractivity contribution is -0.172. The Balaban J connectivity index is 2.26. The number of hydrogen-bond acceptors (Lipinski definition) is 7. The maximum Gasteiger partial charge on any atom is 0.471 e. The second kappa shape index (κ2) is 8.88. The fraction of sp³-hybridized carbons (Fsp3) is 0.667. The normalized spacial score (nSPS) is 19.9. The summed E-state index contributed by atoms with van der Waals surface area (Å²) in [7, 11) is 0. The van der Waals surface area contributed by atoms with E-state index in [4.69, 9.17) is 4.74 Å². The van der Waals surface area contributed by atoms with Gasteiger partial charge in [0.25, 0.3) is 0 Å². The first kappa shape index (κ1) is 22.5. The lowest BCUT2D eigenvalue weighted by Crippen LogP contribution is -2.41. The fourth-order valence-corrected chi connectivity index (χ4v) is 1.76. The van der Waals surface area contributed by atoms with Crippen LogP contribution in [-0.4, -0.2) is 61.8 Å². The summed E-state index contributed by atoms with van der Waals surface area (Å²) < 4.78 is 85.5. The van der Waals surface area contributed by atoms with Crippen molar-refractivity contribution in [3.05, 3.63) is 0 Å². The van der Waals surface area contributed by atoms with E-state index in [-0.39, 0.29) is 12.8 Å². The van der Waals surface area contributed by atoms with E-state index in [2.05, 4.69) is 9.47 Å². The predicted octanol–water partition coefficient (Wildman–Crippen LogP) is 1.16. The first-order valence-electron chi connectivity index (χ1n) is 7.04. The Morgan fingerprint density at radius 1 is 0.778 bits per heavy atom. The molecule has 0 saturated carbocycles. The van der Waals surface area contributed by atoms with Crippen LogP contribution in [0.4, 0.5) is 35.9 Å². The van der Waals surface area contributed by atoms with Gasteiger partial charge in [0.2, 0.25) is 0 Å². The minimum atomic E-state index is -5.26. The van der Waals surface area contributed by atoms with Crippen molar-refractivity contribution in [2.45, 2.75) is 37.4 Å². The molecule has 27 heavy (non-hydrogen) atoms. The summed E-state index contributed by atoms with van der Waals surface area (Å²) in [6.45, 7) is -1.04. The van der Waals surface area contributed by atoms with Crippen LogP contribution in [0, 0.1) is 0 Å². The van der Waals surface area contributed by atoms with Gasteiger partial charge in [-0.3, -0.25) is 20.2 Å². The molecule has 154 valence electrons. The number of alkyl carbamates (subject to hydrolysis) is 2. The van der Waals surface area contributed by atoms with Gasteiger partial charge in [0.15, 0.2) is 0 Å². The molecule has 0 aromatic heterocycles. The average Bonchev–Trinajstić information content (AvgIpc) is 2.97. The number of alkyl halides is 6. The van der Waals surface area contributed by atoms with E-state index in [0.717, 1.165) is 10.6 Å². The molecule has 1 heterocycles. The highest BCUT2D eigenvalue weighted by Crippen LogP contribution is 2.21. The van der Waals surface area contributed by atoms with Crippen LogP contribution in [0.2, 0.25) is 0 Å². The smallest absolute Gasteiger partial charge is 0.446 e. The maximum absolute atomic E-state index is 11.9. The number of rotatable bonds is 4. The monoisotopic (exact) mass is 410 g/mol. The number of carbonyl (C=O) groups excluding carboxylic acids is 4. The Bertz CT molecular complexity index is 542. The number of nitrogens with one attached hydrogen (secondary N) is 2. The van der Waals surface area contributed by atoms with Gasteiger partial charge in [0.05, 0.1) is 12.2 Å². The molecule has 1 aliphatic heterocycles. The minimum Gasteiger partial charge on any atom is -0.446 e. The highest BCUT2D eigenvalue weighted by molar-refractivity contribution is 5.95. The van der Waals surface area contributed by atoms with Gasteiger partial charge in [-0.05, 0) is 12.8 Å². The van der Waals surface area contributed by atoms with E-state index in [1.807, 2.05) is 0 Å². The third-order valence-corrected chi connectivity index (χ3v) is 2.94. The van der Waals surface area contributed by atoms with E-state index in [9.17, 15) is 45.5 Å². The molecule has 1 aliphatic rings. The Hall–Kier alpha value is -2.58. The van der Waals surface area contributed by atoms with Crippen molar-refractivity contribution in [1.29, 1.82) is 0 Å². The molecule has 0 spiro atoms. The SMILES string of the molecule is O=C(NC(=O)C(F)(F)F)OC[C@@H]1CC[C@@H](COC(=O)NC(=O)C(F)(F)F)O1. The highest BCUT2D eigenvalue weighted by atomic mass is 19.4. The summed E-state index contributed by atoms with van der Waals surface area (Å²) in [5.41, 5.74) is 0. The molecule has 2 atom stereocenters. The molecule has 1 fully saturated rings. The molecule has 1 rings (SSSR count). The van der Waals surface area contributed by atoms with E-state index in [0.29, 0.717) is 0 Å². The molecule has 1 saturated heterocycles. The van der Waals surface area contributed by atoms with Crippen molar-refractivity contribution in [3.8, 4) is 0 Å². The van der Waals surface area contributed by atoms with E-state index >= 15 is 0 Å².